The molecule has 0 aliphatic carbocycles. The molecule has 1 aromatic heterocycles. The van der Waals surface area contributed by atoms with Gasteiger partial charge in [0.15, 0.2) is 0 Å². The van der Waals surface area contributed by atoms with Gasteiger partial charge in [-0.1, -0.05) is 47.1 Å². The SMILES string of the molecule is CC(C)CSCCCCC/C=C/c1nc(C(C)(C)C)co1. The van der Waals surface area contributed by atoms with E-state index in [1.807, 2.05) is 6.08 Å². The van der Waals surface area contributed by atoms with Crippen LogP contribution in [0, 0.1) is 5.92 Å². The summed E-state index contributed by atoms with van der Waals surface area (Å²) in [4.78, 5) is 4.50. The third-order valence-electron chi connectivity index (χ3n) is 3.16. The van der Waals surface area contributed by atoms with Gasteiger partial charge in [-0.3, -0.25) is 0 Å². The van der Waals surface area contributed by atoms with Crippen LogP contribution in [0.2, 0.25) is 0 Å². The molecule has 0 radical (unpaired) electrons. The Hall–Kier alpha value is -0.700. The molecule has 0 bridgehead atoms. The van der Waals surface area contributed by atoms with Crippen molar-refractivity contribution in [2.75, 3.05) is 11.5 Å². The summed E-state index contributed by atoms with van der Waals surface area (Å²) in [6.45, 7) is 11.0. The first-order valence-electron chi connectivity index (χ1n) is 8.10. The van der Waals surface area contributed by atoms with E-state index in [2.05, 4.69) is 57.4 Å². The molecular weight excluding hydrogens is 278 g/mol. The summed E-state index contributed by atoms with van der Waals surface area (Å²) < 4.78 is 5.47. The lowest BCUT2D eigenvalue weighted by molar-refractivity contribution is 0.531. The Balaban J connectivity index is 2.11. The molecule has 0 unspecified atom stereocenters. The lowest BCUT2D eigenvalue weighted by Crippen LogP contribution is -2.11. The molecule has 21 heavy (non-hydrogen) atoms. The zero-order valence-corrected chi connectivity index (χ0v) is 15.1. The zero-order valence-electron chi connectivity index (χ0n) is 14.3. The third kappa shape index (κ3) is 8.35. The van der Waals surface area contributed by atoms with Crippen LogP contribution in [0.25, 0.3) is 6.08 Å². The van der Waals surface area contributed by atoms with Crippen molar-refractivity contribution in [3.05, 3.63) is 23.9 Å². The molecule has 0 N–H and O–H groups in total. The van der Waals surface area contributed by atoms with Crippen LogP contribution in [0.3, 0.4) is 0 Å². The van der Waals surface area contributed by atoms with Gasteiger partial charge in [0, 0.05) is 5.41 Å². The van der Waals surface area contributed by atoms with Gasteiger partial charge in [0.25, 0.3) is 0 Å². The van der Waals surface area contributed by atoms with Crippen LogP contribution in [0.15, 0.2) is 16.8 Å². The van der Waals surface area contributed by atoms with E-state index in [1.54, 1.807) is 6.26 Å². The summed E-state index contributed by atoms with van der Waals surface area (Å²) in [5.74, 6) is 4.14. The highest BCUT2D eigenvalue weighted by Crippen LogP contribution is 2.21. The highest BCUT2D eigenvalue weighted by atomic mass is 32.2. The largest absolute Gasteiger partial charge is 0.445 e. The molecule has 120 valence electrons. The minimum atomic E-state index is 0.0588. The second-order valence-electron chi connectivity index (χ2n) is 7.04. The summed E-state index contributed by atoms with van der Waals surface area (Å²) in [5.41, 5.74) is 1.08. The fourth-order valence-corrected chi connectivity index (χ4v) is 2.90. The third-order valence-corrected chi connectivity index (χ3v) is 4.64. The molecule has 2 nitrogen and oxygen atoms in total. The van der Waals surface area contributed by atoms with E-state index in [1.165, 1.54) is 30.8 Å². The van der Waals surface area contributed by atoms with Gasteiger partial charge in [0.1, 0.15) is 6.26 Å². The van der Waals surface area contributed by atoms with Crippen molar-refractivity contribution >= 4 is 17.8 Å². The summed E-state index contributed by atoms with van der Waals surface area (Å²) in [7, 11) is 0. The molecule has 0 aliphatic heterocycles. The van der Waals surface area contributed by atoms with Gasteiger partial charge in [0.2, 0.25) is 5.89 Å². The van der Waals surface area contributed by atoms with Crippen LogP contribution in [0.5, 0.6) is 0 Å². The van der Waals surface area contributed by atoms with Crippen LogP contribution < -0.4 is 0 Å². The second-order valence-corrected chi connectivity index (χ2v) is 8.19. The van der Waals surface area contributed by atoms with Crippen molar-refractivity contribution in [2.24, 2.45) is 5.92 Å². The highest BCUT2D eigenvalue weighted by Gasteiger charge is 2.17. The number of hydrogen-bond donors (Lipinski definition) is 0. The van der Waals surface area contributed by atoms with Gasteiger partial charge in [-0.2, -0.15) is 11.8 Å². The van der Waals surface area contributed by atoms with Crippen molar-refractivity contribution in [1.82, 2.24) is 4.98 Å². The summed E-state index contributed by atoms with van der Waals surface area (Å²) in [6, 6.07) is 0. The molecular formula is C18H31NOS. The lowest BCUT2D eigenvalue weighted by atomic mass is 9.93. The van der Waals surface area contributed by atoms with Gasteiger partial charge in [-0.25, -0.2) is 4.98 Å². The molecule has 0 saturated heterocycles. The van der Waals surface area contributed by atoms with E-state index in [0.717, 1.165) is 23.9 Å². The van der Waals surface area contributed by atoms with Crippen molar-refractivity contribution in [3.8, 4) is 0 Å². The maximum absolute atomic E-state index is 5.47. The van der Waals surface area contributed by atoms with Crippen molar-refractivity contribution in [3.63, 3.8) is 0 Å². The average molecular weight is 310 g/mol. The van der Waals surface area contributed by atoms with Gasteiger partial charge >= 0.3 is 0 Å². The Kier molecular flexibility index (Phi) is 8.16. The number of nitrogens with zero attached hydrogens (tertiary/aromatic N) is 1. The van der Waals surface area contributed by atoms with Crippen molar-refractivity contribution < 1.29 is 4.42 Å². The first kappa shape index (κ1) is 18.3. The number of thioether (sulfide) groups is 1. The fraction of sp³-hybridized carbons (Fsp3) is 0.722. The molecule has 1 heterocycles. The number of aromatic nitrogens is 1. The minimum absolute atomic E-state index is 0.0588. The Morgan fingerprint density at radius 1 is 1.24 bits per heavy atom. The minimum Gasteiger partial charge on any atom is -0.445 e. The molecule has 3 heteroatoms. The quantitative estimate of drug-likeness (QED) is 0.528. The first-order valence-corrected chi connectivity index (χ1v) is 9.25. The van der Waals surface area contributed by atoms with E-state index in [9.17, 15) is 0 Å². The molecule has 1 aromatic rings. The predicted molar refractivity (Wildman–Crippen MR) is 94.9 cm³/mol. The van der Waals surface area contributed by atoms with Crippen LogP contribution in [-0.2, 0) is 5.41 Å². The molecule has 0 saturated carbocycles. The van der Waals surface area contributed by atoms with Gasteiger partial charge in [-0.05, 0) is 42.8 Å². The Morgan fingerprint density at radius 3 is 2.62 bits per heavy atom. The first-order chi connectivity index (χ1) is 9.89. The second kappa shape index (κ2) is 9.34. The van der Waals surface area contributed by atoms with E-state index in [4.69, 9.17) is 4.42 Å². The Morgan fingerprint density at radius 2 is 2.00 bits per heavy atom. The maximum Gasteiger partial charge on any atom is 0.218 e. The monoisotopic (exact) mass is 309 g/mol. The number of oxazole rings is 1. The van der Waals surface area contributed by atoms with Crippen molar-refractivity contribution in [2.45, 2.75) is 65.7 Å². The van der Waals surface area contributed by atoms with Crippen LogP contribution in [0.4, 0.5) is 0 Å². The summed E-state index contributed by atoms with van der Waals surface area (Å²) in [6.07, 6.45) is 11.0. The number of hydrogen-bond acceptors (Lipinski definition) is 3. The topological polar surface area (TPSA) is 26.0 Å². The average Bonchev–Trinajstić information content (AvgIpc) is 2.85. The Labute approximate surface area is 134 Å². The van der Waals surface area contributed by atoms with E-state index in [0.29, 0.717) is 0 Å². The normalized spacial score (nSPS) is 12.7. The Bertz CT molecular complexity index is 415. The molecule has 0 spiro atoms. The van der Waals surface area contributed by atoms with Crippen LogP contribution in [-0.4, -0.2) is 16.5 Å². The molecule has 0 amide bonds. The maximum atomic E-state index is 5.47. The zero-order chi connectivity index (χ0) is 15.7. The van der Waals surface area contributed by atoms with Crippen LogP contribution in [0.1, 0.15) is 71.9 Å². The van der Waals surface area contributed by atoms with Gasteiger partial charge < -0.3 is 4.42 Å². The summed E-state index contributed by atoms with van der Waals surface area (Å²) >= 11 is 2.08. The molecule has 1 rings (SSSR count). The van der Waals surface area contributed by atoms with Gasteiger partial charge in [0.05, 0.1) is 5.69 Å². The molecule has 0 aromatic carbocycles. The predicted octanol–water partition coefficient (Wildman–Crippen LogP) is 5.93. The number of rotatable bonds is 9. The van der Waals surface area contributed by atoms with Crippen molar-refractivity contribution in [1.29, 1.82) is 0 Å². The molecule has 0 aliphatic rings. The molecule has 0 atom stereocenters. The fourth-order valence-electron chi connectivity index (χ4n) is 1.85. The van der Waals surface area contributed by atoms with E-state index in [-0.39, 0.29) is 5.41 Å². The smallest absolute Gasteiger partial charge is 0.218 e. The standard InChI is InChI=1S/C18H31NOS/c1-15(2)14-21-12-10-8-6-7-9-11-17-19-16(13-20-17)18(3,4)5/h9,11,13,15H,6-8,10,12,14H2,1-5H3/b11-9+. The number of allylic oxidation sites excluding steroid dienone is 1. The summed E-state index contributed by atoms with van der Waals surface area (Å²) in [5, 5.41) is 0. The highest BCUT2D eigenvalue weighted by molar-refractivity contribution is 7.99. The van der Waals surface area contributed by atoms with Gasteiger partial charge in [-0.15, -0.1) is 0 Å². The van der Waals surface area contributed by atoms with Crippen LogP contribution >= 0.6 is 11.8 Å². The lowest BCUT2D eigenvalue weighted by Gasteiger charge is -2.12. The van der Waals surface area contributed by atoms with E-state index >= 15 is 0 Å². The number of unbranched alkanes of at least 4 members (excludes halogenated alkanes) is 3. The van der Waals surface area contributed by atoms with E-state index < -0.39 is 0 Å². The molecule has 0 fully saturated rings.